The Balaban J connectivity index is 3.38. The Morgan fingerprint density at radius 1 is 1.24 bits per heavy atom. The van der Waals surface area contributed by atoms with Crippen LogP contribution in [0.2, 0.25) is 0 Å². The molecule has 0 fully saturated rings. The number of rotatable bonds is 3. The Bertz CT molecular complexity index is 394. The molecule has 1 aromatic rings. The molecule has 1 N–H and O–H groups in total. The van der Waals surface area contributed by atoms with E-state index in [1.54, 1.807) is 0 Å². The number of anilines is 1. The van der Waals surface area contributed by atoms with Crippen molar-refractivity contribution in [1.82, 2.24) is 9.97 Å². The summed E-state index contributed by atoms with van der Waals surface area (Å²) in [5.41, 5.74) is 1.07. The standard InChI is InChI=1S/C13H22BrN3/c1-7-15-12-9(14)10(13(4,5)6)16-11(17-12)8(2)3/h8H,7H2,1-6H3,(H,15,16,17). The minimum absolute atomic E-state index is 0.00951. The predicted molar refractivity (Wildman–Crippen MR) is 76.7 cm³/mol. The summed E-state index contributed by atoms with van der Waals surface area (Å²) in [6, 6.07) is 0. The van der Waals surface area contributed by atoms with Crippen LogP contribution in [0.15, 0.2) is 4.47 Å². The van der Waals surface area contributed by atoms with Crippen molar-refractivity contribution >= 4 is 21.7 Å². The maximum atomic E-state index is 4.69. The molecule has 1 rings (SSSR count). The lowest BCUT2D eigenvalue weighted by Crippen LogP contribution is -2.19. The molecule has 17 heavy (non-hydrogen) atoms. The van der Waals surface area contributed by atoms with Gasteiger partial charge in [-0.15, -0.1) is 0 Å². The molecule has 3 nitrogen and oxygen atoms in total. The van der Waals surface area contributed by atoms with Crippen molar-refractivity contribution in [3.05, 3.63) is 16.0 Å². The smallest absolute Gasteiger partial charge is 0.144 e. The topological polar surface area (TPSA) is 37.8 Å². The highest BCUT2D eigenvalue weighted by atomic mass is 79.9. The zero-order valence-electron chi connectivity index (χ0n) is 11.6. The number of halogens is 1. The van der Waals surface area contributed by atoms with E-state index in [9.17, 15) is 0 Å². The molecule has 96 valence electrons. The Morgan fingerprint density at radius 3 is 2.24 bits per heavy atom. The second-order valence-corrected chi connectivity index (χ2v) is 6.32. The van der Waals surface area contributed by atoms with Gasteiger partial charge in [-0.05, 0) is 22.9 Å². The zero-order valence-corrected chi connectivity index (χ0v) is 13.1. The lowest BCUT2D eigenvalue weighted by Gasteiger charge is -2.22. The number of aromatic nitrogens is 2. The average molecular weight is 300 g/mol. The lowest BCUT2D eigenvalue weighted by atomic mass is 9.91. The van der Waals surface area contributed by atoms with Crippen LogP contribution in [-0.2, 0) is 5.41 Å². The third kappa shape index (κ3) is 3.41. The molecular weight excluding hydrogens is 278 g/mol. The van der Waals surface area contributed by atoms with E-state index < -0.39 is 0 Å². The summed E-state index contributed by atoms with van der Waals surface area (Å²) in [6.07, 6.45) is 0. The van der Waals surface area contributed by atoms with Gasteiger partial charge in [0.25, 0.3) is 0 Å². The van der Waals surface area contributed by atoms with Crippen LogP contribution >= 0.6 is 15.9 Å². The molecular formula is C13H22BrN3. The van der Waals surface area contributed by atoms with Gasteiger partial charge in [0, 0.05) is 17.9 Å². The van der Waals surface area contributed by atoms with E-state index in [2.05, 4.69) is 72.8 Å². The van der Waals surface area contributed by atoms with Gasteiger partial charge in [-0.3, -0.25) is 0 Å². The van der Waals surface area contributed by atoms with Crippen LogP contribution in [0.1, 0.15) is 59.0 Å². The first-order chi connectivity index (χ1) is 7.77. The normalized spacial score (nSPS) is 12.0. The summed E-state index contributed by atoms with van der Waals surface area (Å²) < 4.78 is 0.983. The highest BCUT2D eigenvalue weighted by molar-refractivity contribution is 9.10. The van der Waals surface area contributed by atoms with Gasteiger partial charge in [-0.25, -0.2) is 9.97 Å². The molecule has 0 amide bonds. The van der Waals surface area contributed by atoms with E-state index in [4.69, 9.17) is 0 Å². The van der Waals surface area contributed by atoms with Crippen molar-refractivity contribution in [2.45, 2.75) is 52.9 Å². The molecule has 0 aliphatic rings. The highest BCUT2D eigenvalue weighted by Gasteiger charge is 2.23. The molecule has 0 saturated carbocycles. The molecule has 0 aromatic carbocycles. The van der Waals surface area contributed by atoms with Crippen LogP contribution in [-0.4, -0.2) is 16.5 Å². The molecule has 0 spiro atoms. The molecule has 0 aliphatic carbocycles. The van der Waals surface area contributed by atoms with Crippen molar-refractivity contribution in [3.63, 3.8) is 0 Å². The summed E-state index contributed by atoms with van der Waals surface area (Å²) in [5.74, 6) is 2.13. The SMILES string of the molecule is CCNc1nc(C(C)C)nc(C(C)(C)C)c1Br. The monoisotopic (exact) mass is 299 g/mol. The molecule has 0 radical (unpaired) electrons. The zero-order chi connectivity index (χ0) is 13.2. The van der Waals surface area contributed by atoms with E-state index in [0.29, 0.717) is 5.92 Å². The first-order valence-corrected chi connectivity index (χ1v) is 6.88. The van der Waals surface area contributed by atoms with Gasteiger partial charge in [0.15, 0.2) is 0 Å². The van der Waals surface area contributed by atoms with Gasteiger partial charge in [0.2, 0.25) is 0 Å². The Hall–Kier alpha value is -0.640. The molecule has 0 atom stereocenters. The van der Waals surface area contributed by atoms with E-state index in [0.717, 1.165) is 28.4 Å². The molecule has 0 bridgehead atoms. The van der Waals surface area contributed by atoms with Crippen LogP contribution in [0.4, 0.5) is 5.82 Å². The number of hydrogen-bond acceptors (Lipinski definition) is 3. The summed E-state index contributed by atoms with van der Waals surface area (Å²) >= 11 is 3.61. The number of hydrogen-bond donors (Lipinski definition) is 1. The predicted octanol–water partition coefficient (Wildman–Crippen LogP) is 4.09. The van der Waals surface area contributed by atoms with Crippen molar-refractivity contribution in [1.29, 1.82) is 0 Å². The van der Waals surface area contributed by atoms with E-state index in [1.807, 2.05) is 0 Å². The van der Waals surface area contributed by atoms with Crippen molar-refractivity contribution in [2.24, 2.45) is 0 Å². The Morgan fingerprint density at radius 2 is 1.82 bits per heavy atom. The fraction of sp³-hybridized carbons (Fsp3) is 0.692. The molecule has 1 heterocycles. The van der Waals surface area contributed by atoms with Crippen LogP contribution < -0.4 is 5.32 Å². The quantitative estimate of drug-likeness (QED) is 0.913. The van der Waals surface area contributed by atoms with Gasteiger partial charge in [-0.2, -0.15) is 0 Å². The highest BCUT2D eigenvalue weighted by Crippen LogP contribution is 2.33. The van der Waals surface area contributed by atoms with Crippen LogP contribution in [0.5, 0.6) is 0 Å². The first-order valence-electron chi connectivity index (χ1n) is 6.09. The van der Waals surface area contributed by atoms with Crippen molar-refractivity contribution < 1.29 is 0 Å². The summed E-state index contributed by atoms with van der Waals surface area (Å²) in [4.78, 5) is 9.25. The largest absolute Gasteiger partial charge is 0.369 e. The van der Waals surface area contributed by atoms with Gasteiger partial charge in [0.1, 0.15) is 11.6 Å². The molecule has 1 aromatic heterocycles. The Labute approximate surface area is 113 Å². The van der Waals surface area contributed by atoms with E-state index in [1.165, 1.54) is 0 Å². The first kappa shape index (κ1) is 14.4. The molecule has 0 saturated heterocycles. The van der Waals surface area contributed by atoms with E-state index in [-0.39, 0.29) is 5.41 Å². The van der Waals surface area contributed by atoms with Gasteiger partial charge >= 0.3 is 0 Å². The Kier molecular flexibility index (Phi) is 4.53. The van der Waals surface area contributed by atoms with Crippen molar-refractivity contribution in [3.8, 4) is 0 Å². The maximum Gasteiger partial charge on any atom is 0.144 e. The van der Waals surface area contributed by atoms with Crippen LogP contribution in [0, 0.1) is 0 Å². The number of nitrogens with zero attached hydrogens (tertiary/aromatic N) is 2. The van der Waals surface area contributed by atoms with Crippen LogP contribution in [0.3, 0.4) is 0 Å². The van der Waals surface area contributed by atoms with Crippen molar-refractivity contribution in [2.75, 3.05) is 11.9 Å². The summed E-state index contributed by atoms with van der Waals surface area (Å²) in [6.45, 7) is 13.7. The minimum atomic E-state index is 0.00951. The fourth-order valence-electron chi connectivity index (χ4n) is 1.50. The van der Waals surface area contributed by atoms with Gasteiger partial charge < -0.3 is 5.32 Å². The average Bonchev–Trinajstić information content (AvgIpc) is 2.19. The summed E-state index contributed by atoms with van der Waals surface area (Å²) in [7, 11) is 0. The van der Waals surface area contributed by atoms with E-state index >= 15 is 0 Å². The van der Waals surface area contributed by atoms with Gasteiger partial charge in [0.05, 0.1) is 10.2 Å². The fourth-order valence-corrected chi connectivity index (χ4v) is 2.42. The maximum absolute atomic E-state index is 4.69. The molecule has 4 heteroatoms. The van der Waals surface area contributed by atoms with Gasteiger partial charge in [-0.1, -0.05) is 34.6 Å². The third-order valence-electron chi connectivity index (χ3n) is 2.44. The third-order valence-corrected chi connectivity index (χ3v) is 3.19. The lowest BCUT2D eigenvalue weighted by molar-refractivity contribution is 0.555. The summed E-state index contributed by atoms with van der Waals surface area (Å²) in [5, 5.41) is 3.29. The second kappa shape index (κ2) is 5.34. The molecule has 0 aliphatic heterocycles. The second-order valence-electron chi connectivity index (χ2n) is 5.53. The molecule has 0 unspecified atom stereocenters. The number of nitrogens with one attached hydrogen (secondary N) is 1. The minimum Gasteiger partial charge on any atom is -0.369 e. The van der Waals surface area contributed by atoms with Crippen LogP contribution in [0.25, 0.3) is 0 Å².